The molecule has 0 radical (unpaired) electrons. The molecule has 4 rings (SSSR count). The highest BCUT2D eigenvalue weighted by Crippen LogP contribution is 2.29. The van der Waals surface area contributed by atoms with Gasteiger partial charge in [0.05, 0.1) is 23.6 Å². The molecule has 1 saturated heterocycles. The third-order valence-corrected chi connectivity index (χ3v) is 4.16. The molecule has 22 heavy (non-hydrogen) atoms. The van der Waals surface area contributed by atoms with Crippen molar-refractivity contribution in [2.24, 2.45) is 0 Å². The minimum atomic E-state index is -0.0978. The summed E-state index contributed by atoms with van der Waals surface area (Å²) in [5, 5.41) is 5.41. The molecule has 5 nitrogen and oxygen atoms in total. The van der Waals surface area contributed by atoms with Crippen LogP contribution in [0.3, 0.4) is 0 Å². The summed E-state index contributed by atoms with van der Waals surface area (Å²) in [4.78, 5) is 15.1. The summed E-state index contributed by atoms with van der Waals surface area (Å²) >= 11 is 0. The highest BCUT2D eigenvalue weighted by Gasteiger charge is 2.22. The van der Waals surface area contributed by atoms with Crippen LogP contribution in [0.25, 0.3) is 22.2 Å². The van der Waals surface area contributed by atoms with Crippen LogP contribution >= 0.6 is 0 Å². The van der Waals surface area contributed by atoms with Gasteiger partial charge in [0.1, 0.15) is 5.69 Å². The van der Waals surface area contributed by atoms with E-state index in [9.17, 15) is 4.79 Å². The SMILES string of the molecule is O=c1[nH]ccc2c1c(-c1ccccc1)nn2C1CCCOC1. The van der Waals surface area contributed by atoms with Gasteiger partial charge in [0, 0.05) is 18.4 Å². The second-order valence-electron chi connectivity index (χ2n) is 5.60. The molecule has 0 bridgehead atoms. The van der Waals surface area contributed by atoms with Crippen LogP contribution in [0, 0.1) is 0 Å². The highest BCUT2D eigenvalue weighted by molar-refractivity contribution is 5.92. The summed E-state index contributed by atoms with van der Waals surface area (Å²) in [6.45, 7) is 1.46. The van der Waals surface area contributed by atoms with Gasteiger partial charge in [-0.3, -0.25) is 9.48 Å². The Kier molecular flexibility index (Phi) is 3.27. The van der Waals surface area contributed by atoms with E-state index < -0.39 is 0 Å². The molecular weight excluding hydrogens is 278 g/mol. The lowest BCUT2D eigenvalue weighted by molar-refractivity contribution is 0.0566. The molecule has 1 aliphatic rings. The Bertz CT molecular complexity index is 845. The van der Waals surface area contributed by atoms with Gasteiger partial charge in [-0.15, -0.1) is 0 Å². The van der Waals surface area contributed by atoms with Gasteiger partial charge in [0.2, 0.25) is 0 Å². The number of ether oxygens (including phenoxy) is 1. The minimum Gasteiger partial charge on any atom is -0.379 e. The van der Waals surface area contributed by atoms with Crippen molar-refractivity contribution in [3.8, 4) is 11.3 Å². The van der Waals surface area contributed by atoms with Gasteiger partial charge in [0.15, 0.2) is 0 Å². The fourth-order valence-corrected chi connectivity index (χ4v) is 3.09. The van der Waals surface area contributed by atoms with Gasteiger partial charge >= 0.3 is 0 Å². The van der Waals surface area contributed by atoms with Crippen molar-refractivity contribution < 1.29 is 4.74 Å². The zero-order chi connectivity index (χ0) is 14.9. The summed E-state index contributed by atoms with van der Waals surface area (Å²) in [5.41, 5.74) is 2.47. The number of nitrogens with one attached hydrogen (secondary N) is 1. The molecule has 1 aliphatic heterocycles. The zero-order valence-corrected chi connectivity index (χ0v) is 12.2. The van der Waals surface area contributed by atoms with Crippen LogP contribution in [0.2, 0.25) is 0 Å². The molecule has 1 aromatic carbocycles. The minimum absolute atomic E-state index is 0.0978. The van der Waals surface area contributed by atoms with Crippen molar-refractivity contribution >= 4 is 10.9 Å². The molecule has 1 unspecified atom stereocenters. The standard InChI is InChI=1S/C17H17N3O2/c21-17-15-14(8-9-18-17)20(13-7-4-10-22-11-13)19-16(15)12-5-2-1-3-6-12/h1-3,5-6,8-9,13H,4,7,10-11H2,(H,18,21). The smallest absolute Gasteiger partial charge is 0.259 e. The average molecular weight is 295 g/mol. The molecule has 1 N–H and O–H groups in total. The van der Waals surface area contributed by atoms with Crippen molar-refractivity contribution in [2.45, 2.75) is 18.9 Å². The Hall–Kier alpha value is -2.40. The summed E-state index contributed by atoms with van der Waals surface area (Å²) in [7, 11) is 0. The van der Waals surface area contributed by atoms with Crippen LogP contribution in [-0.4, -0.2) is 28.0 Å². The third kappa shape index (κ3) is 2.14. The lowest BCUT2D eigenvalue weighted by Crippen LogP contribution is -2.22. The number of nitrogens with zero attached hydrogens (tertiary/aromatic N) is 2. The summed E-state index contributed by atoms with van der Waals surface area (Å²) in [6.07, 6.45) is 3.73. The number of hydrogen-bond acceptors (Lipinski definition) is 3. The van der Waals surface area contributed by atoms with Crippen molar-refractivity contribution in [3.63, 3.8) is 0 Å². The first-order valence-corrected chi connectivity index (χ1v) is 7.57. The number of benzene rings is 1. The number of pyridine rings is 1. The van der Waals surface area contributed by atoms with E-state index in [0.29, 0.717) is 12.0 Å². The second kappa shape index (κ2) is 5.42. The molecule has 0 spiro atoms. The van der Waals surface area contributed by atoms with Gasteiger partial charge in [-0.05, 0) is 18.9 Å². The predicted molar refractivity (Wildman–Crippen MR) is 84.9 cm³/mol. The normalized spacial score (nSPS) is 18.6. The molecule has 0 amide bonds. The lowest BCUT2D eigenvalue weighted by atomic mass is 10.1. The van der Waals surface area contributed by atoms with E-state index in [1.807, 2.05) is 41.1 Å². The first-order valence-electron chi connectivity index (χ1n) is 7.57. The molecule has 1 atom stereocenters. The maximum absolute atomic E-state index is 12.3. The van der Waals surface area contributed by atoms with Crippen LogP contribution in [0.15, 0.2) is 47.4 Å². The molecule has 3 heterocycles. The first-order chi connectivity index (χ1) is 10.8. The predicted octanol–water partition coefficient (Wildman–Crippen LogP) is 2.74. The number of fused-ring (bicyclic) bond motifs is 1. The number of aromatic amines is 1. The van der Waals surface area contributed by atoms with Crippen LogP contribution in [0.5, 0.6) is 0 Å². The first kappa shape index (κ1) is 13.3. The molecule has 0 saturated carbocycles. The Morgan fingerprint density at radius 2 is 2.09 bits per heavy atom. The largest absolute Gasteiger partial charge is 0.379 e. The molecule has 112 valence electrons. The van der Waals surface area contributed by atoms with E-state index in [2.05, 4.69) is 4.98 Å². The molecule has 2 aromatic heterocycles. The van der Waals surface area contributed by atoms with Crippen molar-refractivity contribution in [1.29, 1.82) is 0 Å². The maximum Gasteiger partial charge on any atom is 0.259 e. The second-order valence-corrected chi connectivity index (χ2v) is 5.60. The Morgan fingerprint density at radius 1 is 1.23 bits per heavy atom. The maximum atomic E-state index is 12.3. The summed E-state index contributed by atoms with van der Waals surface area (Å²) < 4.78 is 7.55. The fraction of sp³-hybridized carbons (Fsp3) is 0.294. The Balaban J connectivity index is 1.95. The van der Waals surface area contributed by atoms with Crippen molar-refractivity contribution in [3.05, 3.63) is 52.9 Å². The highest BCUT2D eigenvalue weighted by atomic mass is 16.5. The third-order valence-electron chi connectivity index (χ3n) is 4.16. The number of rotatable bonds is 2. The zero-order valence-electron chi connectivity index (χ0n) is 12.2. The van der Waals surface area contributed by atoms with E-state index in [1.54, 1.807) is 6.20 Å². The average Bonchev–Trinajstić information content (AvgIpc) is 2.98. The van der Waals surface area contributed by atoms with E-state index in [1.165, 1.54) is 0 Å². The summed E-state index contributed by atoms with van der Waals surface area (Å²) in [5.74, 6) is 0. The Morgan fingerprint density at radius 3 is 2.86 bits per heavy atom. The van der Waals surface area contributed by atoms with Crippen LogP contribution in [-0.2, 0) is 4.74 Å². The Labute approximate surface area is 127 Å². The van der Waals surface area contributed by atoms with Gasteiger partial charge in [-0.2, -0.15) is 5.10 Å². The molecular formula is C17H17N3O2. The number of hydrogen-bond donors (Lipinski definition) is 1. The van der Waals surface area contributed by atoms with E-state index in [-0.39, 0.29) is 11.6 Å². The van der Waals surface area contributed by atoms with E-state index in [0.717, 1.165) is 36.2 Å². The van der Waals surface area contributed by atoms with Crippen LogP contribution in [0.4, 0.5) is 0 Å². The molecule has 5 heteroatoms. The molecule has 0 aliphatic carbocycles. The van der Waals surface area contributed by atoms with Crippen LogP contribution in [0.1, 0.15) is 18.9 Å². The topological polar surface area (TPSA) is 59.9 Å². The number of H-pyrrole nitrogens is 1. The van der Waals surface area contributed by atoms with Gasteiger partial charge in [-0.1, -0.05) is 30.3 Å². The quantitative estimate of drug-likeness (QED) is 0.791. The molecule has 1 fully saturated rings. The van der Waals surface area contributed by atoms with Crippen LogP contribution < -0.4 is 5.56 Å². The summed E-state index contributed by atoms with van der Waals surface area (Å²) in [6, 6.07) is 12.0. The van der Waals surface area contributed by atoms with Gasteiger partial charge in [-0.25, -0.2) is 0 Å². The van der Waals surface area contributed by atoms with E-state index in [4.69, 9.17) is 9.84 Å². The van der Waals surface area contributed by atoms with Crippen molar-refractivity contribution in [2.75, 3.05) is 13.2 Å². The van der Waals surface area contributed by atoms with Crippen molar-refractivity contribution in [1.82, 2.24) is 14.8 Å². The monoisotopic (exact) mass is 295 g/mol. The molecule has 3 aromatic rings. The fourth-order valence-electron chi connectivity index (χ4n) is 3.09. The number of aromatic nitrogens is 3. The van der Waals surface area contributed by atoms with Gasteiger partial charge < -0.3 is 9.72 Å². The lowest BCUT2D eigenvalue weighted by Gasteiger charge is -2.23. The van der Waals surface area contributed by atoms with E-state index >= 15 is 0 Å². The van der Waals surface area contributed by atoms with Gasteiger partial charge in [0.25, 0.3) is 5.56 Å².